The summed E-state index contributed by atoms with van der Waals surface area (Å²) in [5, 5.41) is 0. The maximum Gasteiger partial charge on any atom is 0.180 e. The molecule has 2 aromatic heterocycles. The van der Waals surface area contributed by atoms with Crippen LogP contribution in [0.5, 0.6) is 0 Å². The molecule has 0 saturated heterocycles. The summed E-state index contributed by atoms with van der Waals surface area (Å²) in [7, 11) is 0. The van der Waals surface area contributed by atoms with Crippen LogP contribution in [0.15, 0.2) is 31.0 Å². The van der Waals surface area contributed by atoms with Gasteiger partial charge in [0, 0.05) is 12.4 Å². The average Bonchev–Trinajstić information content (AvgIpc) is 2.53. The van der Waals surface area contributed by atoms with Crippen molar-refractivity contribution in [2.75, 3.05) is 0 Å². The van der Waals surface area contributed by atoms with E-state index in [1.165, 1.54) is 6.20 Å². The largest absolute Gasteiger partial charge is 0.242 e. The molecule has 0 amide bonds. The van der Waals surface area contributed by atoms with Crippen LogP contribution in [-0.2, 0) is 0 Å². The minimum atomic E-state index is 0.260. The van der Waals surface area contributed by atoms with Crippen molar-refractivity contribution in [3.05, 3.63) is 31.0 Å². The molecule has 2 aromatic rings. The van der Waals surface area contributed by atoms with Gasteiger partial charge in [0.1, 0.15) is 12.0 Å². The Kier molecular flexibility index (Phi) is 1.55. The van der Waals surface area contributed by atoms with Gasteiger partial charge in [-0.1, -0.05) is 4.48 Å². The van der Waals surface area contributed by atoms with Gasteiger partial charge in [0.15, 0.2) is 5.82 Å². The molecule has 0 aliphatic carbocycles. The van der Waals surface area contributed by atoms with E-state index in [9.17, 15) is 4.48 Å². The summed E-state index contributed by atoms with van der Waals surface area (Å²) in [6, 6.07) is 1.67. The second kappa shape index (κ2) is 2.69. The van der Waals surface area contributed by atoms with Gasteiger partial charge in [-0.15, -0.1) is 0 Å². The third-order valence-electron chi connectivity index (χ3n) is 1.39. The predicted octanol–water partition coefficient (Wildman–Crippen LogP) is 1.07. The Morgan fingerprint density at radius 3 is 2.58 bits per heavy atom. The smallest absolute Gasteiger partial charge is 0.180 e. The highest BCUT2D eigenvalue weighted by atomic mass is 19.2. The first-order valence-corrected chi connectivity index (χ1v) is 3.34. The van der Waals surface area contributed by atoms with E-state index in [0.717, 1.165) is 6.33 Å². The highest BCUT2D eigenvalue weighted by Gasteiger charge is 2.05. The molecule has 0 fully saturated rings. The Balaban J connectivity index is 2.51. The number of aromatic nitrogens is 4. The Bertz CT molecular complexity index is 370. The molecule has 0 saturated carbocycles. The zero-order valence-electron chi connectivity index (χ0n) is 6.05. The van der Waals surface area contributed by atoms with Gasteiger partial charge in [-0.05, 0) is 6.07 Å². The first kappa shape index (κ1) is 6.90. The van der Waals surface area contributed by atoms with E-state index >= 15 is 0 Å². The average molecular weight is 164 g/mol. The van der Waals surface area contributed by atoms with Gasteiger partial charge < -0.3 is 0 Å². The maximum atomic E-state index is 12.8. The number of rotatable bonds is 1. The van der Waals surface area contributed by atoms with E-state index in [4.69, 9.17) is 0 Å². The van der Waals surface area contributed by atoms with Crippen molar-refractivity contribution < 1.29 is 4.48 Å². The van der Waals surface area contributed by atoms with Gasteiger partial charge in [-0.25, -0.2) is 15.0 Å². The molecule has 2 rings (SSSR count). The van der Waals surface area contributed by atoms with Crippen LogP contribution in [0.4, 0.5) is 4.48 Å². The first-order chi connectivity index (χ1) is 5.88. The highest BCUT2D eigenvalue weighted by Crippen LogP contribution is 2.11. The second-order valence-electron chi connectivity index (χ2n) is 2.16. The van der Waals surface area contributed by atoms with Crippen LogP contribution in [0.3, 0.4) is 0 Å². The van der Waals surface area contributed by atoms with Crippen molar-refractivity contribution in [3.8, 4) is 11.5 Å². The summed E-state index contributed by atoms with van der Waals surface area (Å²) in [5.74, 6) is 0.331. The fourth-order valence-corrected chi connectivity index (χ4v) is 0.864. The fourth-order valence-electron chi connectivity index (χ4n) is 0.864. The van der Waals surface area contributed by atoms with E-state index in [-0.39, 0.29) is 5.69 Å². The zero-order valence-corrected chi connectivity index (χ0v) is 6.05. The Labute approximate surface area is 67.7 Å². The maximum absolute atomic E-state index is 12.8. The minimum Gasteiger partial charge on any atom is -0.242 e. The number of nitrogens with zero attached hydrogens (tertiary/aromatic N) is 4. The fraction of sp³-hybridized carbons (Fsp3) is 0. The van der Waals surface area contributed by atoms with E-state index in [1.807, 2.05) is 0 Å². The van der Waals surface area contributed by atoms with E-state index in [0.29, 0.717) is 10.6 Å². The lowest BCUT2D eigenvalue weighted by molar-refractivity contribution is 0.373. The van der Waals surface area contributed by atoms with Crippen LogP contribution in [0, 0.1) is 0 Å². The van der Waals surface area contributed by atoms with E-state index in [1.54, 1.807) is 18.5 Å². The molecule has 12 heavy (non-hydrogen) atoms. The lowest BCUT2D eigenvalue weighted by Crippen LogP contribution is -1.90. The highest BCUT2D eigenvalue weighted by molar-refractivity contribution is 5.46. The van der Waals surface area contributed by atoms with Crippen molar-refractivity contribution in [2.24, 2.45) is 0 Å². The molecule has 0 bridgehead atoms. The summed E-state index contributed by atoms with van der Waals surface area (Å²) in [6.45, 7) is 0. The number of halogens is 1. The Morgan fingerprint density at radius 1 is 1.25 bits per heavy atom. The van der Waals surface area contributed by atoms with Crippen LogP contribution in [0.2, 0.25) is 0 Å². The third kappa shape index (κ3) is 1.05. The molecule has 4 nitrogen and oxygen atoms in total. The summed E-state index contributed by atoms with van der Waals surface area (Å²) < 4.78 is 12.8. The minimum absolute atomic E-state index is 0.260. The van der Waals surface area contributed by atoms with Gasteiger partial charge in [0.25, 0.3) is 0 Å². The molecule has 60 valence electrons. The molecule has 0 spiro atoms. The summed E-state index contributed by atoms with van der Waals surface area (Å²) in [5.41, 5.74) is 0.260. The number of imidazole rings is 1. The monoisotopic (exact) mass is 164 g/mol. The normalized spacial score (nSPS) is 10.1. The van der Waals surface area contributed by atoms with Crippen molar-refractivity contribution >= 4 is 0 Å². The lowest BCUT2D eigenvalue weighted by Gasteiger charge is -1.94. The van der Waals surface area contributed by atoms with Gasteiger partial charge >= 0.3 is 0 Å². The molecule has 0 radical (unpaired) electrons. The topological polar surface area (TPSA) is 43.6 Å². The molecule has 0 unspecified atom stereocenters. The van der Waals surface area contributed by atoms with Crippen molar-refractivity contribution in [1.29, 1.82) is 0 Å². The molecule has 2 heterocycles. The summed E-state index contributed by atoms with van der Waals surface area (Å²) >= 11 is 0. The molecule has 0 aliphatic rings. The van der Waals surface area contributed by atoms with Gasteiger partial charge in [0.05, 0.1) is 6.20 Å². The quantitative estimate of drug-likeness (QED) is 0.633. The molecule has 0 N–H and O–H groups in total. The second-order valence-corrected chi connectivity index (χ2v) is 2.16. The van der Waals surface area contributed by atoms with Crippen LogP contribution < -0.4 is 0 Å². The van der Waals surface area contributed by atoms with Crippen LogP contribution in [-0.4, -0.2) is 19.7 Å². The van der Waals surface area contributed by atoms with Gasteiger partial charge in [-0.3, -0.25) is 0 Å². The van der Waals surface area contributed by atoms with Gasteiger partial charge in [-0.2, -0.15) is 4.79 Å². The zero-order chi connectivity index (χ0) is 8.39. The SMILES string of the molecule is Fn1cncc1-c1ncccn1. The third-order valence-corrected chi connectivity index (χ3v) is 1.39. The Morgan fingerprint density at radius 2 is 2.00 bits per heavy atom. The molecular weight excluding hydrogens is 159 g/mol. The van der Waals surface area contributed by atoms with Crippen molar-refractivity contribution in [1.82, 2.24) is 19.7 Å². The van der Waals surface area contributed by atoms with E-state index in [2.05, 4.69) is 15.0 Å². The molecule has 0 aromatic carbocycles. The van der Waals surface area contributed by atoms with E-state index < -0.39 is 0 Å². The van der Waals surface area contributed by atoms with Crippen LogP contribution in [0.1, 0.15) is 0 Å². The van der Waals surface area contributed by atoms with Crippen molar-refractivity contribution in [3.63, 3.8) is 0 Å². The lowest BCUT2D eigenvalue weighted by atomic mass is 10.4. The number of hydrogen-bond donors (Lipinski definition) is 0. The Hall–Kier alpha value is -1.78. The number of hydrogen-bond acceptors (Lipinski definition) is 3. The summed E-state index contributed by atoms with van der Waals surface area (Å²) in [4.78, 5) is 11.7. The molecule has 0 atom stereocenters. The first-order valence-electron chi connectivity index (χ1n) is 3.34. The summed E-state index contributed by atoms with van der Waals surface area (Å²) in [6.07, 6.45) is 5.53. The van der Waals surface area contributed by atoms with Gasteiger partial charge in [0.2, 0.25) is 0 Å². The predicted molar refractivity (Wildman–Crippen MR) is 39.8 cm³/mol. The van der Waals surface area contributed by atoms with Crippen LogP contribution >= 0.6 is 0 Å². The molecule has 5 heteroatoms. The van der Waals surface area contributed by atoms with Crippen molar-refractivity contribution in [2.45, 2.75) is 0 Å². The molecule has 0 aliphatic heterocycles. The van der Waals surface area contributed by atoms with Crippen LogP contribution in [0.25, 0.3) is 11.5 Å². The molecular formula is C7H5FN4. The standard InChI is InChI=1S/C7H5FN4/c8-12-5-9-4-6(12)7-10-2-1-3-11-7/h1-5H.